The van der Waals surface area contributed by atoms with Gasteiger partial charge in [0.15, 0.2) is 0 Å². The summed E-state index contributed by atoms with van der Waals surface area (Å²) >= 11 is 1.51. The standard InChI is InChI=1S/C17H24N6OS/c1-11-9-12(2)23(21-11)14-5-7-22(10-14)8-6-15(24)18-17-20-19-16(25-17)13-3-4-13/h9,13-14H,3-8,10H2,1-2H3,(H,18,20,24)/t14-/m0/s1. The molecule has 25 heavy (non-hydrogen) atoms. The maximum atomic E-state index is 12.2. The maximum Gasteiger partial charge on any atom is 0.227 e. The predicted octanol–water partition coefficient (Wildman–Crippen LogP) is 2.50. The Morgan fingerprint density at radius 2 is 2.16 bits per heavy atom. The monoisotopic (exact) mass is 360 g/mol. The van der Waals surface area contributed by atoms with Crippen LogP contribution in [0.3, 0.4) is 0 Å². The summed E-state index contributed by atoms with van der Waals surface area (Å²) < 4.78 is 2.13. The van der Waals surface area contributed by atoms with E-state index in [1.54, 1.807) is 0 Å². The molecule has 3 heterocycles. The summed E-state index contributed by atoms with van der Waals surface area (Å²) in [4.78, 5) is 14.5. The van der Waals surface area contributed by atoms with Gasteiger partial charge in [-0.1, -0.05) is 11.3 Å². The van der Waals surface area contributed by atoms with Gasteiger partial charge >= 0.3 is 0 Å². The predicted molar refractivity (Wildman–Crippen MR) is 96.9 cm³/mol. The van der Waals surface area contributed by atoms with Crippen LogP contribution in [0.4, 0.5) is 5.13 Å². The molecule has 8 heteroatoms. The Kier molecular flexibility index (Phi) is 4.56. The van der Waals surface area contributed by atoms with Gasteiger partial charge < -0.3 is 10.2 Å². The third-order valence-electron chi connectivity index (χ3n) is 4.91. The third-order valence-corrected chi connectivity index (χ3v) is 5.91. The normalized spacial score (nSPS) is 21.0. The maximum absolute atomic E-state index is 12.2. The molecule has 2 fully saturated rings. The molecule has 134 valence electrons. The molecule has 2 aliphatic rings. The van der Waals surface area contributed by atoms with E-state index in [1.165, 1.54) is 29.9 Å². The van der Waals surface area contributed by atoms with Crippen molar-refractivity contribution in [3.63, 3.8) is 0 Å². The first-order valence-electron chi connectivity index (χ1n) is 8.97. The number of aryl methyl sites for hydroxylation is 2. The summed E-state index contributed by atoms with van der Waals surface area (Å²) in [5.74, 6) is 0.604. The number of aromatic nitrogens is 4. The number of hydrogen-bond acceptors (Lipinski definition) is 6. The fourth-order valence-electron chi connectivity index (χ4n) is 3.45. The number of amides is 1. The first kappa shape index (κ1) is 16.7. The van der Waals surface area contributed by atoms with Crippen molar-refractivity contribution in [3.05, 3.63) is 22.5 Å². The average Bonchev–Trinajstić information content (AvgIpc) is 2.99. The van der Waals surface area contributed by atoms with E-state index in [1.807, 2.05) is 6.92 Å². The van der Waals surface area contributed by atoms with Gasteiger partial charge in [0.25, 0.3) is 0 Å². The van der Waals surface area contributed by atoms with E-state index < -0.39 is 0 Å². The van der Waals surface area contributed by atoms with E-state index in [2.05, 4.69) is 43.2 Å². The largest absolute Gasteiger partial charge is 0.301 e. The minimum atomic E-state index is 0.0214. The van der Waals surface area contributed by atoms with Crippen LogP contribution in [0.5, 0.6) is 0 Å². The average molecular weight is 360 g/mol. The van der Waals surface area contributed by atoms with Crippen molar-refractivity contribution in [2.24, 2.45) is 0 Å². The summed E-state index contributed by atoms with van der Waals surface area (Å²) in [7, 11) is 0. The zero-order valence-corrected chi connectivity index (χ0v) is 15.6. The second kappa shape index (κ2) is 6.84. The van der Waals surface area contributed by atoms with Crippen molar-refractivity contribution >= 4 is 22.4 Å². The molecule has 1 aliphatic carbocycles. The van der Waals surface area contributed by atoms with Crippen LogP contribution in [0.25, 0.3) is 0 Å². The van der Waals surface area contributed by atoms with Crippen LogP contribution < -0.4 is 5.32 Å². The van der Waals surface area contributed by atoms with Crippen LogP contribution in [0, 0.1) is 13.8 Å². The van der Waals surface area contributed by atoms with Gasteiger partial charge in [0, 0.05) is 37.7 Å². The first-order valence-corrected chi connectivity index (χ1v) is 9.78. The van der Waals surface area contributed by atoms with Gasteiger partial charge in [0.2, 0.25) is 11.0 Å². The van der Waals surface area contributed by atoms with Crippen molar-refractivity contribution in [3.8, 4) is 0 Å². The summed E-state index contributed by atoms with van der Waals surface area (Å²) in [5.41, 5.74) is 2.28. The molecule has 4 rings (SSSR count). The SMILES string of the molecule is Cc1cc(C)n([C@H]2CCN(CCC(=O)Nc3nnc(C4CC4)s3)C2)n1. The number of nitrogens with one attached hydrogen (secondary N) is 1. The molecule has 1 N–H and O–H groups in total. The molecule has 2 aromatic rings. The summed E-state index contributed by atoms with van der Waals surface area (Å²) in [6.45, 7) is 6.88. The Balaban J connectivity index is 1.24. The molecule has 0 spiro atoms. The molecule has 0 radical (unpaired) electrons. The quantitative estimate of drug-likeness (QED) is 0.856. The number of hydrogen-bond donors (Lipinski definition) is 1. The molecular weight excluding hydrogens is 336 g/mol. The van der Waals surface area contributed by atoms with Gasteiger partial charge in [-0.2, -0.15) is 5.10 Å². The van der Waals surface area contributed by atoms with Gasteiger partial charge in [-0.05, 0) is 39.2 Å². The summed E-state index contributed by atoms with van der Waals surface area (Å²) in [6.07, 6.45) is 3.98. The van der Waals surface area contributed by atoms with E-state index in [4.69, 9.17) is 0 Å². The third kappa shape index (κ3) is 3.90. The molecular formula is C17H24N6OS. The molecule has 0 aromatic carbocycles. The highest BCUT2D eigenvalue weighted by Crippen LogP contribution is 2.42. The van der Waals surface area contributed by atoms with Gasteiger partial charge in [-0.25, -0.2) is 0 Å². The Bertz CT molecular complexity index is 765. The van der Waals surface area contributed by atoms with E-state index in [0.717, 1.165) is 36.8 Å². The number of carbonyl (C=O) groups is 1. The highest BCUT2D eigenvalue weighted by atomic mass is 32.1. The van der Waals surface area contributed by atoms with Crippen LogP contribution in [0.15, 0.2) is 6.07 Å². The van der Waals surface area contributed by atoms with E-state index in [-0.39, 0.29) is 5.91 Å². The van der Waals surface area contributed by atoms with Crippen molar-refractivity contribution in [2.45, 2.75) is 51.5 Å². The number of anilines is 1. The number of nitrogens with zero attached hydrogens (tertiary/aromatic N) is 5. The van der Waals surface area contributed by atoms with Gasteiger partial charge in [0.1, 0.15) is 5.01 Å². The Hall–Kier alpha value is -1.80. The molecule has 1 amide bonds. The van der Waals surface area contributed by atoms with Crippen LogP contribution in [0.1, 0.15) is 54.0 Å². The van der Waals surface area contributed by atoms with Crippen LogP contribution >= 0.6 is 11.3 Å². The Morgan fingerprint density at radius 3 is 2.88 bits per heavy atom. The molecule has 1 aliphatic heterocycles. The van der Waals surface area contributed by atoms with Crippen LogP contribution in [-0.2, 0) is 4.79 Å². The molecule has 1 atom stereocenters. The highest BCUT2D eigenvalue weighted by Gasteiger charge is 2.28. The summed E-state index contributed by atoms with van der Waals surface area (Å²) in [5, 5.41) is 17.4. The fourth-order valence-corrected chi connectivity index (χ4v) is 4.38. The minimum Gasteiger partial charge on any atom is -0.301 e. The van der Waals surface area contributed by atoms with Crippen molar-refractivity contribution in [2.75, 3.05) is 25.0 Å². The van der Waals surface area contributed by atoms with E-state index >= 15 is 0 Å². The number of rotatable bonds is 6. The van der Waals surface area contributed by atoms with Gasteiger partial charge in [-0.15, -0.1) is 10.2 Å². The summed E-state index contributed by atoms with van der Waals surface area (Å²) in [6, 6.07) is 2.54. The van der Waals surface area contributed by atoms with Crippen molar-refractivity contribution in [1.82, 2.24) is 24.9 Å². The molecule has 2 aromatic heterocycles. The zero-order chi connectivity index (χ0) is 17.4. The molecule has 7 nitrogen and oxygen atoms in total. The number of carbonyl (C=O) groups excluding carboxylic acids is 1. The second-order valence-corrected chi connectivity index (χ2v) is 8.14. The van der Waals surface area contributed by atoms with Crippen molar-refractivity contribution in [1.29, 1.82) is 0 Å². The Morgan fingerprint density at radius 1 is 1.32 bits per heavy atom. The van der Waals surface area contributed by atoms with Crippen molar-refractivity contribution < 1.29 is 4.79 Å². The number of likely N-dealkylation sites (tertiary alicyclic amines) is 1. The Labute approximate surface area is 151 Å². The molecule has 0 bridgehead atoms. The van der Waals surface area contributed by atoms with Gasteiger partial charge in [-0.3, -0.25) is 9.48 Å². The fraction of sp³-hybridized carbons (Fsp3) is 0.647. The molecule has 0 unspecified atom stereocenters. The lowest BCUT2D eigenvalue weighted by Gasteiger charge is -2.16. The minimum absolute atomic E-state index is 0.0214. The van der Waals surface area contributed by atoms with Crippen LogP contribution in [-0.4, -0.2) is 50.4 Å². The van der Waals surface area contributed by atoms with Crippen LogP contribution in [0.2, 0.25) is 0 Å². The lowest BCUT2D eigenvalue weighted by atomic mass is 10.2. The highest BCUT2D eigenvalue weighted by molar-refractivity contribution is 7.15. The smallest absolute Gasteiger partial charge is 0.227 e. The van der Waals surface area contributed by atoms with E-state index in [9.17, 15) is 4.79 Å². The second-order valence-electron chi connectivity index (χ2n) is 7.13. The topological polar surface area (TPSA) is 75.9 Å². The molecule has 1 saturated heterocycles. The first-order chi connectivity index (χ1) is 12.1. The molecule has 1 saturated carbocycles. The zero-order valence-electron chi connectivity index (χ0n) is 14.7. The lowest BCUT2D eigenvalue weighted by molar-refractivity contribution is -0.116. The van der Waals surface area contributed by atoms with E-state index in [0.29, 0.717) is 23.5 Å². The van der Waals surface area contributed by atoms with Gasteiger partial charge in [0.05, 0.1) is 11.7 Å². The lowest BCUT2D eigenvalue weighted by Crippen LogP contribution is -2.26.